The van der Waals surface area contributed by atoms with Gasteiger partial charge in [-0.1, -0.05) is 6.07 Å². The molecule has 1 unspecified atom stereocenters. The van der Waals surface area contributed by atoms with E-state index in [9.17, 15) is 15.2 Å². The van der Waals surface area contributed by atoms with Crippen LogP contribution in [0.15, 0.2) is 18.2 Å². The van der Waals surface area contributed by atoms with Crippen LogP contribution in [0, 0.1) is 19.6 Å². The van der Waals surface area contributed by atoms with Gasteiger partial charge in [-0.05, 0) is 47.4 Å². The van der Waals surface area contributed by atoms with Crippen LogP contribution in [0.5, 0.6) is 0 Å². The van der Waals surface area contributed by atoms with Crippen molar-refractivity contribution in [2.24, 2.45) is 5.92 Å². The highest BCUT2D eigenvalue weighted by Crippen LogP contribution is 2.35. The molecule has 0 spiro atoms. The monoisotopic (exact) mass is 333 g/mol. The van der Waals surface area contributed by atoms with Gasteiger partial charge in [-0.25, -0.2) is 0 Å². The minimum Gasteiger partial charge on any atom is -0.392 e. The summed E-state index contributed by atoms with van der Waals surface area (Å²) in [7, 11) is 0. The van der Waals surface area contributed by atoms with Crippen molar-refractivity contribution in [3.8, 4) is 0 Å². The van der Waals surface area contributed by atoms with Gasteiger partial charge in [0.05, 0.1) is 11.0 Å². The van der Waals surface area contributed by atoms with E-state index in [1.807, 2.05) is 28.7 Å². The van der Waals surface area contributed by atoms with Gasteiger partial charge in [-0.15, -0.1) is 0 Å². The third-order valence-electron chi connectivity index (χ3n) is 2.84. The molecule has 1 fully saturated rings. The zero-order chi connectivity index (χ0) is 11.7. The molecule has 1 saturated carbocycles. The Morgan fingerprint density at radius 1 is 1.56 bits per heavy atom. The molecule has 0 bridgehead atoms. The summed E-state index contributed by atoms with van der Waals surface area (Å²) in [5.41, 5.74) is 0.747. The highest BCUT2D eigenvalue weighted by Gasteiger charge is 2.31. The second-order valence-electron chi connectivity index (χ2n) is 4.14. The van der Waals surface area contributed by atoms with Crippen LogP contribution in [0.4, 0.5) is 5.69 Å². The summed E-state index contributed by atoms with van der Waals surface area (Å²) in [6.45, 7) is 0. The zero-order valence-electron chi connectivity index (χ0n) is 8.60. The first-order valence-electron chi connectivity index (χ1n) is 5.19. The average Bonchev–Trinajstić information content (AvgIpc) is 3.03. The van der Waals surface area contributed by atoms with Crippen molar-refractivity contribution in [2.75, 3.05) is 0 Å². The van der Waals surface area contributed by atoms with E-state index in [1.54, 1.807) is 12.1 Å². The van der Waals surface area contributed by atoms with Gasteiger partial charge in [-0.2, -0.15) is 0 Å². The molecule has 1 aliphatic carbocycles. The van der Waals surface area contributed by atoms with Gasteiger partial charge in [0.2, 0.25) is 0 Å². The van der Waals surface area contributed by atoms with Crippen molar-refractivity contribution >= 4 is 28.3 Å². The third kappa shape index (κ3) is 2.70. The number of benzene rings is 1. The number of hydrogen-bond donors (Lipinski definition) is 1. The van der Waals surface area contributed by atoms with Crippen LogP contribution < -0.4 is 0 Å². The van der Waals surface area contributed by atoms with E-state index in [1.165, 1.54) is 0 Å². The first kappa shape index (κ1) is 11.8. The first-order chi connectivity index (χ1) is 7.58. The van der Waals surface area contributed by atoms with Gasteiger partial charge in [0.1, 0.15) is 0 Å². The van der Waals surface area contributed by atoms with Gasteiger partial charge in [0, 0.05) is 21.6 Å². The van der Waals surface area contributed by atoms with Crippen molar-refractivity contribution in [2.45, 2.75) is 25.4 Å². The van der Waals surface area contributed by atoms with Crippen molar-refractivity contribution < 1.29 is 10.0 Å². The lowest BCUT2D eigenvalue weighted by atomic mass is 10.0. The average molecular weight is 333 g/mol. The molecule has 1 N–H and O–H groups in total. The predicted molar refractivity (Wildman–Crippen MR) is 68.2 cm³/mol. The first-order valence-corrected chi connectivity index (χ1v) is 6.26. The van der Waals surface area contributed by atoms with E-state index in [0.717, 1.165) is 16.4 Å². The number of aliphatic hydroxyl groups excluding tert-OH is 1. The van der Waals surface area contributed by atoms with Gasteiger partial charge in [0.25, 0.3) is 5.69 Å². The van der Waals surface area contributed by atoms with Crippen LogP contribution in [0.3, 0.4) is 0 Å². The fourth-order valence-corrected chi connectivity index (χ4v) is 2.23. The number of nitro groups is 1. The van der Waals surface area contributed by atoms with E-state index >= 15 is 0 Å². The van der Waals surface area contributed by atoms with E-state index < -0.39 is 6.10 Å². The molecule has 1 aromatic carbocycles. The molecule has 0 aliphatic heterocycles. The van der Waals surface area contributed by atoms with Crippen LogP contribution >= 0.6 is 22.6 Å². The lowest BCUT2D eigenvalue weighted by Crippen LogP contribution is -2.13. The van der Waals surface area contributed by atoms with E-state index in [-0.39, 0.29) is 10.6 Å². The number of nitrogens with zero attached hydrogens (tertiary/aromatic N) is 1. The lowest BCUT2D eigenvalue weighted by molar-refractivity contribution is -0.385. The SMILES string of the molecule is O=[N+]([O-])c1cc(I)ccc1CC(O)C1CC1. The summed E-state index contributed by atoms with van der Waals surface area (Å²) >= 11 is 2.05. The molecule has 5 heteroatoms. The maximum Gasteiger partial charge on any atom is 0.273 e. The fraction of sp³-hybridized carbons (Fsp3) is 0.455. The van der Waals surface area contributed by atoms with Crippen molar-refractivity contribution in [1.29, 1.82) is 0 Å². The topological polar surface area (TPSA) is 63.4 Å². The molecule has 1 aliphatic rings. The predicted octanol–water partition coefficient (Wildman–Crippen LogP) is 2.51. The Morgan fingerprint density at radius 3 is 2.81 bits per heavy atom. The summed E-state index contributed by atoms with van der Waals surface area (Å²) in [6.07, 6.45) is 2.04. The van der Waals surface area contributed by atoms with Crippen molar-refractivity contribution in [3.05, 3.63) is 37.4 Å². The van der Waals surface area contributed by atoms with Crippen LogP contribution in [-0.4, -0.2) is 16.1 Å². The molecule has 0 heterocycles. The maximum atomic E-state index is 10.9. The number of nitro benzene ring substituents is 1. The summed E-state index contributed by atoms with van der Waals surface area (Å²) in [6, 6.07) is 5.13. The Bertz CT molecular complexity index is 418. The van der Waals surface area contributed by atoms with Gasteiger partial charge < -0.3 is 5.11 Å². The minimum atomic E-state index is -0.432. The molecular weight excluding hydrogens is 321 g/mol. The number of halogens is 1. The van der Waals surface area contributed by atoms with Crippen LogP contribution in [0.1, 0.15) is 18.4 Å². The molecule has 0 aromatic heterocycles. The molecule has 0 amide bonds. The van der Waals surface area contributed by atoms with Gasteiger partial charge >= 0.3 is 0 Å². The molecule has 4 nitrogen and oxygen atoms in total. The summed E-state index contributed by atoms with van der Waals surface area (Å²) in [4.78, 5) is 10.5. The number of hydrogen-bond acceptors (Lipinski definition) is 3. The fourth-order valence-electron chi connectivity index (χ4n) is 1.75. The third-order valence-corrected chi connectivity index (χ3v) is 3.51. The highest BCUT2D eigenvalue weighted by atomic mass is 127. The molecular formula is C11H12INO3. The normalized spacial score (nSPS) is 17.1. The summed E-state index contributed by atoms with van der Waals surface area (Å²) in [5, 5.41) is 20.7. The molecule has 16 heavy (non-hydrogen) atoms. The van der Waals surface area contributed by atoms with Crippen LogP contribution in [-0.2, 0) is 6.42 Å². The molecule has 0 saturated heterocycles. The van der Waals surface area contributed by atoms with Crippen LogP contribution in [0.25, 0.3) is 0 Å². The van der Waals surface area contributed by atoms with Crippen molar-refractivity contribution in [3.63, 3.8) is 0 Å². The Morgan fingerprint density at radius 2 is 2.25 bits per heavy atom. The maximum absolute atomic E-state index is 10.9. The van der Waals surface area contributed by atoms with Crippen LogP contribution in [0.2, 0.25) is 0 Å². The molecule has 1 atom stereocenters. The molecule has 86 valence electrons. The Balaban J connectivity index is 2.21. The zero-order valence-corrected chi connectivity index (χ0v) is 10.8. The standard InChI is InChI=1S/C11H12INO3/c12-9-4-3-8(10(6-9)13(15)16)5-11(14)7-1-2-7/h3-4,6-7,11,14H,1-2,5H2. The van der Waals surface area contributed by atoms with Crippen molar-refractivity contribution in [1.82, 2.24) is 0 Å². The Labute approximate surface area is 107 Å². The quantitative estimate of drug-likeness (QED) is 0.523. The molecule has 1 aromatic rings. The molecule has 2 rings (SSSR count). The molecule has 0 radical (unpaired) electrons. The second kappa shape index (κ2) is 4.67. The van der Waals surface area contributed by atoms with Gasteiger partial charge in [0.15, 0.2) is 0 Å². The Kier molecular flexibility index (Phi) is 3.44. The van der Waals surface area contributed by atoms with Gasteiger partial charge in [-0.3, -0.25) is 10.1 Å². The highest BCUT2D eigenvalue weighted by molar-refractivity contribution is 14.1. The number of rotatable bonds is 4. The van der Waals surface area contributed by atoms with E-state index in [2.05, 4.69) is 0 Å². The smallest absolute Gasteiger partial charge is 0.273 e. The van der Waals surface area contributed by atoms with E-state index in [4.69, 9.17) is 0 Å². The Hall–Kier alpha value is -0.690. The largest absolute Gasteiger partial charge is 0.392 e. The number of aliphatic hydroxyl groups is 1. The lowest BCUT2D eigenvalue weighted by Gasteiger charge is -2.09. The minimum absolute atomic E-state index is 0.117. The summed E-state index contributed by atoms with van der Waals surface area (Å²) in [5.74, 6) is 0.346. The summed E-state index contributed by atoms with van der Waals surface area (Å²) < 4.78 is 0.842. The second-order valence-corrected chi connectivity index (χ2v) is 5.38. The van der Waals surface area contributed by atoms with E-state index in [0.29, 0.717) is 17.9 Å².